The highest BCUT2D eigenvalue weighted by atomic mass is 16.5. The molecule has 0 amide bonds. The minimum atomic E-state index is -0.562. The molecule has 5 nitrogen and oxygen atoms in total. The second-order valence-corrected chi connectivity index (χ2v) is 7.20. The van der Waals surface area contributed by atoms with E-state index in [1.807, 2.05) is 36.4 Å². The lowest BCUT2D eigenvalue weighted by atomic mass is 9.84. The van der Waals surface area contributed by atoms with Crippen molar-refractivity contribution in [3.8, 4) is 22.6 Å². The van der Waals surface area contributed by atoms with Gasteiger partial charge in [-0.3, -0.25) is 9.59 Å². The summed E-state index contributed by atoms with van der Waals surface area (Å²) < 4.78 is 10.9. The van der Waals surface area contributed by atoms with Gasteiger partial charge in [0.25, 0.3) is 0 Å². The van der Waals surface area contributed by atoms with Crippen molar-refractivity contribution >= 4 is 28.3 Å². The molecule has 0 atom stereocenters. The Balaban J connectivity index is 1.72. The molecule has 0 radical (unpaired) electrons. The molecule has 5 rings (SSSR count). The van der Waals surface area contributed by atoms with Crippen LogP contribution in [0.3, 0.4) is 0 Å². The summed E-state index contributed by atoms with van der Waals surface area (Å²) in [5.41, 5.74) is 3.03. The van der Waals surface area contributed by atoms with Gasteiger partial charge in [-0.15, -0.1) is 0 Å². The van der Waals surface area contributed by atoms with Crippen LogP contribution in [0.4, 0.5) is 0 Å². The van der Waals surface area contributed by atoms with Gasteiger partial charge in [-0.1, -0.05) is 42.5 Å². The summed E-state index contributed by atoms with van der Waals surface area (Å²) in [6.45, 7) is 1.77. The highest BCUT2D eigenvalue weighted by Crippen LogP contribution is 2.43. The molecule has 0 N–H and O–H groups in total. The Kier molecular flexibility index (Phi) is 3.93. The van der Waals surface area contributed by atoms with Crippen LogP contribution in [0.25, 0.3) is 33.4 Å². The summed E-state index contributed by atoms with van der Waals surface area (Å²) in [6, 6.07) is 18.0. The highest BCUT2D eigenvalue weighted by molar-refractivity contribution is 6.54. The highest BCUT2D eigenvalue weighted by Gasteiger charge is 2.37. The fourth-order valence-electron chi connectivity index (χ4n) is 4.06. The Morgan fingerprint density at radius 3 is 2.27 bits per heavy atom. The van der Waals surface area contributed by atoms with Gasteiger partial charge >= 0.3 is 5.97 Å². The zero-order valence-corrected chi connectivity index (χ0v) is 16.3. The smallest absolute Gasteiger partial charge is 0.337 e. The Morgan fingerprint density at radius 1 is 0.833 bits per heavy atom. The maximum Gasteiger partial charge on any atom is 0.337 e. The molecule has 0 bridgehead atoms. The summed E-state index contributed by atoms with van der Waals surface area (Å²) in [6.07, 6.45) is 0. The van der Waals surface area contributed by atoms with Crippen LogP contribution >= 0.6 is 0 Å². The van der Waals surface area contributed by atoms with E-state index in [9.17, 15) is 14.4 Å². The van der Waals surface area contributed by atoms with Gasteiger partial charge in [0.1, 0.15) is 11.5 Å². The Morgan fingerprint density at radius 2 is 1.53 bits per heavy atom. The van der Waals surface area contributed by atoms with Crippen molar-refractivity contribution in [3.05, 3.63) is 82.9 Å². The molecule has 0 saturated heterocycles. The van der Waals surface area contributed by atoms with Crippen LogP contribution in [0.2, 0.25) is 0 Å². The first-order valence-corrected chi connectivity index (χ1v) is 9.44. The SMILES string of the molecule is COC(=O)c1ccc(-c2oc3c(c2C)C(=O)C(=O)c2c-3ccc3ccccc23)cc1. The molecule has 5 heteroatoms. The minimum Gasteiger partial charge on any atom is -0.465 e. The van der Waals surface area contributed by atoms with E-state index < -0.39 is 17.5 Å². The molecule has 1 aromatic heterocycles. The van der Waals surface area contributed by atoms with E-state index in [4.69, 9.17) is 9.15 Å². The van der Waals surface area contributed by atoms with E-state index in [1.165, 1.54) is 7.11 Å². The Bertz CT molecular complexity index is 1370. The van der Waals surface area contributed by atoms with Gasteiger partial charge in [-0.2, -0.15) is 0 Å². The second-order valence-electron chi connectivity index (χ2n) is 7.20. The predicted molar refractivity (Wildman–Crippen MR) is 112 cm³/mol. The number of benzene rings is 3. The van der Waals surface area contributed by atoms with Gasteiger partial charge in [0.2, 0.25) is 11.6 Å². The van der Waals surface area contributed by atoms with Crippen LogP contribution in [-0.4, -0.2) is 24.6 Å². The number of hydrogen-bond acceptors (Lipinski definition) is 5. The van der Waals surface area contributed by atoms with Crippen LogP contribution in [0.5, 0.6) is 0 Å². The number of ketones is 2. The molecule has 3 aromatic carbocycles. The number of ether oxygens (including phenoxy) is 1. The molecule has 1 aliphatic carbocycles. The molecule has 0 aliphatic heterocycles. The number of rotatable bonds is 2. The van der Waals surface area contributed by atoms with Gasteiger partial charge in [0, 0.05) is 22.3 Å². The molecule has 146 valence electrons. The number of methoxy groups -OCH3 is 1. The van der Waals surface area contributed by atoms with Gasteiger partial charge in [-0.05, 0) is 35.9 Å². The summed E-state index contributed by atoms with van der Waals surface area (Å²) in [5, 5.41) is 1.62. The number of furan rings is 1. The van der Waals surface area contributed by atoms with Gasteiger partial charge in [-0.25, -0.2) is 4.79 Å². The molecular weight excluding hydrogens is 380 g/mol. The first kappa shape index (κ1) is 18.1. The number of hydrogen-bond donors (Lipinski definition) is 0. The monoisotopic (exact) mass is 396 g/mol. The van der Waals surface area contributed by atoms with Crippen LogP contribution in [0, 0.1) is 6.92 Å². The van der Waals surface area contributed by atoms with Crippen LogP contribution in [0.1, 0.15) is 36.6 Å². The maximum absolute atomic E-state index is 13.0. The number of Topliss-reactive ketones (excluding diaryl/α,β-unsaturated/α-hetero) is 2. The third-order valence-electron chi connectivity index (χ3n) is 5.55. The van der Waals surface area contributed by atoms with Gasteiger partial charge in [0.05, 0.1) is 18.2 Å². The fourth-order valence-corrected chi connectivity index (χ4v) is 4.06. The van der Waals surface area contributed by atoms with Crippen LogP contribution < -0.4 is 0 Å². The lowest BCUT2D eigenvalue weighted by molar-refractivity contribution is 0.0600. The summed E-state index contributed by atoms with van der Waals surface area (Å²) in [5.74, 6) is -0.611. The van der Waals surface area contributed by atoms with Crippen molar-refractivity contribution in [2.45, 2.75) is 6.92 Å². The van der Waals surface area contributed by atoms with Crippen molar-refractivity contribution in [3.63, 3.8) is 0 Å². The molecule has 0 spiro atoms. The van der Waals surface area contributed by atoms with Gasteiger partial charge < -0.3 is 9.15 Å². The first-order chi connectivity index (χ1) is 14.5. The normalized spacial score (nSPS) is 12.6. The lowest BCUT2D eigenvalue weighted by Gasteiger charge is -2.15. The standard InChI is InChI=1S/C25H16O5/c1-13-19-21(26)22(27)20-17-6-4-3-5-14(17)11-12-18(20)24(19)30-23(13)15-7-9-16(10-8-15)25(28)29-2/h3-12H,1-2H3. The van der Waals surface area contributed by atoms with E-state index in [-0.39, 0.29) is 0 Å². The summed E-state index contributed by atoms with van der Waals surface area (Å²) in [7, 11) is 1.32. The second kappa shape index (κ2) is 6.52. The molecule has 0 unspecified atom stereocenters. The zero-order chi connectivity index (χ0) is 21.0. The number of carbonyl (C=O) groups excluding carboxylic acids is 3. The maximum atomic E-state index is 13.0. The predicted octanol–water partition coefficient (Wildman–Crippen LogP) is 5.24. The third-order valence-corrected chi connectivity index (χ3v) is 5.55. The van der Waals surface area contributed by atoms with E-state index in [2.05, 4.69) is 0 Å². The Hall–Kier alpha value is -3.99. The topological polar surface area (TPSA) is 73.6 Å². The summed E-state index contributed by atoms with van der Waals surface area (Å²) >= 11 is 0. The summed E-state index contributed by atoms with van der Waals surface area (Å²) in [4.78, 5) is 37.7. The van der Waals surface area contributed by atoms with Crippen molar-refractivity contribution in [2.75, 3.05) is 7.11 Å². The van der Waals surface area contributed by atoms with Crippen molar-refractivity contribution in [1.82, 2.24) is 0 Å². The van der Waals surface area contributed by atoms with E-state index in [0.717, 1.165) is 10.8 Å². The lowest BCUT2D eigenvalue weighted by Crippen LogP contribution is -2.21. The molecule has 0 fully saturated rings. The molecule has 30 heavy (non-hydrogen) atoms. The van der Waals surface area contributed by atoms with Crippen molar-refractivity contribution < 1.29 is 23.5 Å². The molecule has 1 aliphatic rings. The van der Waals surface area contributed by atoms with Gasteiger partial charge in [0.15, 0.2) is 0 Å². The van der Waals surface area contributed by atoms with Crippen LogP contribution in [-0.2, 0) is 4.74 Å². The number of esters is 1. The minimum absolute atomic E-state index is 0.301. The van der Waals surface area contributed by atoms with Crippen molar-refractivity contribution in [1.29, 1.82) is 0 Å². The first-order valence-electron chi connectivity index (χ1n) is 9.44. The zero-order valence-electron chi connectivity index (χ0n) is 16.3. The average Bonchev–Trinajstić information content (AvgIpc) is 3.13. The average molecular weight is 396 g/mol. The third kappa shape index (κ3) is 2.45. The van der Waals surface area contributed by atoms with E-state index in [1.54, 1.807) is 31.2 Å². The van der Waals surface area contributed by atoms with Crippen LogP contribution in [0.15, 0.2) is 65.1 Å². The largest absolute Gasteiger partial charge is 0.465 e. The quantitative estimate of drug-likeness (QED) is 0.342. The van der Waals surface area contributed by atoms with E-state index in [0.29, 0.717) is 44.9 Å². The molecule has 4 aromatic rings. The number of carbonyl (C=O) groups is 3. The fraction of sp³-hybridized carbons (Fsp3) is 0.0800. The molecule has 1 heterocycles. The van der Waals surface area contributed by atoms with Crippen molar-refractivity contribution in [2.24, 2.45) is 0 Å². The number of fused-ring (bicyclic) bond motifs is 5. The Labute approximate surface area is 171 Å². The molecule has 0 saturated carbocycles. The van der Waals surface area contributed by atoms with E-state index >= 15 is 0 Å². The molecular formula is C25H16O5.